The normalized spacial score (nSPS) is 13.2. The monoisotopic (exact) mass is 275 g/mol. The highest BCUT2D eigenvalue weighted by atomic mass is 32.2. The highest BCUT2D eigenvalue weighted by Crippen LogP contribution is 2.36. The summed E-state index contributed by atoms with van der Waals surface area (Å²) in [5, 5.41) is 0. The zero-order chi connectivity index (χ0) is 13.8. The molecule has 0 unspecified atom stereocenters. The van der Waals surface area contributed by atoms with E-state index < -0.39 is 5.51 Å². The van der Waals surface area contributed by atoms with Gasteiger partial charge in [0, 0.05) is 11.4 Å². The van der Waals surface area contributed by atoms with Gasteiger partial charge >= 0.3 is 5.51 Å². The minimum atomic E-state index is -4.24. The molecule has 0 saturated heterocycles. The van der Waals surface area contributed by atoms with Crippen LogP contribution in [0.3, 0.4) is 0 Å². The molecular formula is C13H16F3NS. The maximum atomic E-state index is 12.1. The van der Waals surface area contributed by atoms with Crippen molar-refractivity contribution in [3.63, 3.8) is 0 Å². The van der Waals surface area contributed by atoms with Crippen molar-refractivity contribution in [1.82, 2.24) is 0 Å². The average molecular weight is 275 g/mol. The van der Waals surface area contributed by atoms with Gasteiger partial charge in [-0.05, 0) is 35.4 Å². The molecule has 0 radical (unpaired) electrons. The summed E-state index contributed by atoms with van der Waals surface area (Å²) in [5.41, 5.74) is 3.32. The van der Waals surface area contributed by atoms with Crippen LogP contribution in [0.5, 0.6) is 0 Å². The molecule has 18 heavy (non-hydrogen) atoms. The first-order valence-electron chi connectivity index (χ1n) is 5.58. The van der Waals surface area contributed by atoms with Crippen LogP contribution < -0.4 is 5.73 Å². The summed E-state index contributed by atoms with van der Waals surface area (Å²) in [6.45, 7) is 4.52. The first-order chi connectivity index (χ1) is 8.31. The molecule has 0 aromatic heterocycles. The minimum Gasteiger partial charge on any atom is -0.327 e. The number of thioether (sulfide) groups is 1. The summed E-state index contributed by atoms with van der Waals surface area (Å²) < 4.78 is 36.4. The van der Waals surface area contributed by atoms with Gasteiger partial charge in [-0.2, -0.15) is 13.2 Å². The van der Waals surface area contributed by atoms with Gasteiger partial charge in [0.25, 0.3) is 0 Å². The van der Waals surface area contributed by atoms with E-state index in [0.717, 1.165) is 11.1 Å². The van der Waals surface area contributed by atoms with Gasteiger partial charge in [0.05, 0.1) is 0 Å². The van der Waals surface area contributed by atoms with Gasteiger partial charge < -0.3 is 5.73 Å². The van der Waals surface area contributed by atoms with E-state index in [9.17, 15) is 13.2 Å². The van der Waals surface area contributed by atoms with Crippen molar-refractivity contribution in [3.05, 3.63) is 35.4 Å². The van der Waals surface area contributed by atoms with Gasteiger partial charge in [0.1, 0.15) is 0 Å². The van der Waals surface area contributed by atoms with Crippen molar-refractivity contribution >= 4 is 17.8 Å². The lowest BCUT2D eigenvalue weighted by Gasteiger charge is -2.09. The van der Waals surface area contributed by atoms with Gasteiger partial charge in [-0.15, -0.1) is 0 Å². The number of nitrogens with two attached hydrogens (primary N) is 1. The minimum absolute atomic E-state index is 0.105. The Morgan fingerprint density at radius 2 is 1.83 bits per heavy atom. The zero-order valence-electron chi connectivity index (χ0n) is 10.3. The molecule has 0 aliphatic rings. The summed E-state index contributed by atoms with van der Waals surface area (Å²) in [5.74, 6) is 0.333. The molecule has 0 aliphatic carbocycles. The number of halogens is 3. The van der Waals surface area contributed by atoms with E-state index in [1.807, 2.05) is 19.9 Å². The van der Waals surface area contributed by atoms with Gasteiger partial charge in [-0.3, -0.25) is 0 Å². The quantitative estimate of drug-likeness (QED) is 0.829. The Balaban J connectivity index is 2.83. The van der Waals surface area contributed by atoms with Crippen LogP contribution in [0.2, 0.25) is 0 Å². The van der Waals surface area contributed by atoms with Gasteiger partial charge in [-0.25, -0.2) is 0 Å². The van der Waals surface area contributed by atoms with E-state index in [1.54, 1.807) is 12.1 Å². The molecule has 0 amide bonds. The molecule has 1 aromatic carbocycles. The Morgan fingerprint density at radius 1 is 1.28 bits per heavy atom. The maximum absolute atomic E-state index is 12.1. The SMILES string of the molecule is CC(C)C(=Cc1ccc(SC(F)(F)F)cc1)CN. The Kier molecular flexibility index (Phi) is 5.28. The third-order valence-electron chi connectivity index (χ3n) is 2.44. The number of rotatable bonds is 4. The summed E-state index contributed by atoms with van der Waals surface area (Å²) in [6.07, 6.45) is 1.92. The van der Waals surface area contributed by atoms with Crippen LogP contribution in [-0.2, 0) is 0 Å². The first kappa shape index (κ1) is 15.1. The van der Waals surface area contributed by atoms with Crippen LogP contribution in [0.4, 0.5) is 13.2 Å². The molecule has 0 bridgehead atoms. The summed E-state index contributed by atoms with van der Waals surface area (Å²) in [4.78, 5) is 0.193. The molecule has 0 fully saturated rings. The number of hydrogen-bond acceptors (Lipinski definition) is 2. The fraction of sp³-hybridized carbons (Fsp3) is 0.385. The largest absolute Gasteiger partial charge is 0.446 e. The van der Waals surface area contributed by atoms with E-state index in [-0.39, 0.29) is 16.7 Å². The van der Waals surface area contributed by atoms with E-state index in [2.05, 4.69) is 0 Å². The fourth-order valence-corrected chi connectivity index (χ4v) is 1.98. The Morgan fingerprint density at radius 3 is 2.22 bits per heavy atom. The predicted octanol–water partition coefficient (Wildman–Crippen LogP) is 4.30. The molecular weight excluding hydrogens is 259 g/mol. The highest BCUT2D eigenvalue weighted by Gasteiger charge is 2.28. The Labute approximate surface area is 109 Å². The molecule has 1 aromatic rings. The second-order valence-corrected chi connectivity index (χ2v) is 5.33. The molecule has 0 heterocycles. The van der Waals surface area contributed by atoms with E-state index in [4.69, 9.17) is 5.73 Å². The standard InChI is InChI=1S/C13H16F3NS/c1-9(2)11(8-17)7-10-3-5-12(6-4-10)18-13(14,15)16/h3-7,9H,8,17H2,1-2H3. The van der Waals surface area contributed by atoms with Gasteiger partial charge in [0.2, 0.25) is 0 Å². The molecule has 1 nitrogen and oxygen atoms in total. The van der Waals surface area contributed by atoms with Gasteiger partial charge in [-0.1, -0.05) is 37.6 Å². The van der Waals surface area contributed by atoms with Crippen molar-refractivity contribution in [2.24, 2.45) is 11.7 Å². The van der Waals surface area contributed by atoms with Crippen LogP contribution in [0.1, 0.15) is 19.4 Å². The van der Waals surface area contributed by atoms with Crippen LogP contribution in [-0.4, -0.2) is 12.1 Å². The zero-order valence-corrected chi connectivity index (χ0v) is 11.1. The third kappa shape index (κ3) is 5.14. The van der Waals surface area contributed by atoms with Crippen LogP contribution >= 0.6 is 11.8 Å². The molecule has 0 saturated carbocycles. The van der Waals surface area contributed by atoms with Crippen molar-refractivity contribution in [2.75, 3.05) is 6.54 Å². The van der Waals surface area contributed by atoms with Crippen molar-refractivity contribution in [1.29, 1.82) is 0 Å². The summed E-state index contributed by atoms with van der Waals surface area (Å²) in [6, 6.07) is 6.29. The highest BCUT2D eigenvalue weighted by molar-refractivity contribution is 8.00. The molecule has 2 N–H and O–H groups in total. The molecule has 0 atom stereocenters. The van der Waals surface area contributed by atoms with Crippen molar-refractivity contribution < 1.29 is 13.2 Å². The number of benzene rings is 1. The fourth-order valence-electron chi connectivity index (χ4n) is 1.44. The van der Waals surface area contributed by atoms with Crippen molar-refractivity contribution in [3.8, 4) is 0 Å². The second kappa shape index (κ2) is 6.29. The van der Waals surface area contributed by atoms with E-state index >= 15 is 0 Å². The lowest BCUT2D eigenvalue weighted by atomic mass is 10.0. The molecule has 5 heteroatoms. The maximum Gasteiger partial charge on any atom is 0.446 e. The van der Waals surface area contributed by atoms with E-state index in [0.29, 0.717) is 12.5 Å². The lowest BCUT2D eigenvalue weighted by molar-refractivity contribution is -0.0328. The second-order valence-electron chi connectivity index (χ2n) is 4.19. The van der Waals surface area contributed by atoms with E-state index in [1.165, 1.54) is 12.1 Å². The van der Waals surface area contributed by atoms with Crippen LogP contribution in [0, 0.1) is 5.92 Å². The number of alkyl halides is 3. The summed E-state index contributed by atoms with van der Waals surface area (Å²) >= 11 is -0.105. The van der Waals surface area contributed by atoms with Crippen LogP contribution in [0.25, 0.3) is 6.08 Å². The molecule has 0 aliphatic heterocycles. The lowest BCUT2D eigenvalue weighted by Crippen LogP contribution is -2.08. The smallest absolute Gasteiger partial charge is 0.327 e. The average Bonchev–Trinajstić information content (AvgIpc) is 2.25. The number of hydrogen-bond donors (Lipinski definition) is 1. The molecule has 1 rings (SSSR count). The Bertz CT molecular complexity index is 407. The van der Waals surface area contributed by atoms with Gasteiger partial charge in [0.15, 0.2) is 0 Å². The summed E-state index contributed by atoms with van der Waals surface area (Å²) in [7, 11) is 0. The first-order valence-corrected chi connectivity index (χ1v) is 6.40. The van der Waals surface area contributed by atoms with Crippen LogP contribution in [0.15, 0.2) is 34.7 Å². The predicted molar refractivity (Wildman–Crippen MR) is 70.2 cm³/mol. The third-order valence-corrected chi connectivity index (χ3v) is 3.18. The molecule has 0 spiro atoms. The molecule has 100 valence electrons. The topological polar surface area (TPSA) is 26.0 Å². The van der Waals surface area contributed by atoms with Crippen molar-refractivity contribution in [2.45, 2.75) is 24.3 Å². The Hall–Kier alpha value is -0.940.